The smallest absolute Gasteiger partial charge is 0.407 e. The van der Waals surface area contributed by atoms with Gasteiger partial charge in [0.1, 0.15) is 5.60 Å². The summed E-state index contributed by atoms with van der Waals surface area (Å²) in [4.78, 5) is 11.6. The molecule has 1 aromatic carbocycles. The molecule has 0 fully saturated rings. The van der Waals surface area contributed by atoms with Gasteiger partial charge in [0.15, 0.2) is 0 Å². The summed E-state index contributed by atoms with van der Waals surface area (Å²) in [6.45, 7) is 10.1. The van der Waals surface area contributed by atoms with Gasteiger partial charge in [-0.3, -0.25) is 0 Å². The zero-order valence-electron chi connectivity index (χ0n) is 13.4. The molecule has 2 atom stereocenters. The molecule has 0 aliphatic carbocycles. The van der Waals surface area contributed by atoms with Crippen molar-refractivity contribution < 1.29 is 9.53 Å². The normalized spacial score (nSPS) is 14.4. The van der Waals surface area contributed by atoms with Crippen LogP contribution >= 0.6 is 11.6 Å². The third kappa shape index (κ3) is 6.82. The number of hydrogen-bond acceptors (Lipinski definition) is 3. The Labute approximate surface area is 132 Å². The Morgan fingerprint density at radius 1 is 1.29 bits per heavy atom. The molecular weight excluding hydrogens is 288 g/mol. The second-order valence-electron chi connectivity index (χ2n) is 6.19. The molecule has 0 aliphatic heterocycles. The fourth-order valence-corrected chi connectivity index (χ4v) is 2.25. The van der Waals surface area contributed by atoms with Crippen molar-refractivity contribution in [3.05, 3.63) is 34.9 Å². The summed E-state index contributed by atoms with van der Waals surface area (Å²) in [5.74, 6) is 0. The molecule has 0 heterocycles. The highest BCUT2D eigenvalue weighted by atomic mass is 35.5. The highest BCUT2D eigenvalue weighted by Crippen LogP contribution is 2.22. The number of alkyl carbamates (subject to hydrolysis) is 1. The highest BCUT2D eigenvalue weighted by Gasteiger charge is 2.17. The quantitative estimate of drug-likeness (QED) is 0.867. The van der Waals surface area contributed by atoms with Crippen LogP contribution in [0.25, 0.3) is 0 Å². The Balaban J connectivity index is 2.42. The van der Waals surface area contributed by atoms with E-state index < -0.39 is 11.7 Å². The van der Waals surface area contributed by atoms with Crippen molar-refractivity contribution in [2.45, 2.75) is 52.3 Å². The molecule has 0 spiro atoms. The van der Waals surface area contributed by atoms with E-state index in [-0.39, 0.29) is 12.1 Å². The summed E-state index contributed by atoms with van der Waals surface area (Å²) in [6.07, 6.45) is -0.401. The van der Waals surface area contributed by atoms with Crippen molar-refractivity contribution in [3.63, 3.8) is 0 Å². The fraction of sp³-hybridized carbons (Fsp3) is 0.562. The molecule has 21 heavy (non-hydrogen) atoms. The van der Waals surface area contributed by atoms with Crippen LogP contribution in [0, 0.1) is 0 Å². The molecule has 0 bridgehead atoms. The number of hydrogen-bond donors (Lipinski definition) is 2. The Bertz CT molecular complexity index is 472. The largest absolute Gasteiger partial charge is 0.444 e. The van der Waals surface area contributed by atoms with E-state index >= 15 is 0 Å². The molecule has 0 saturated heterocycles. The lowest BCUT2D eigenvalue weighted by Crippen LogP contribution is -2.42. The van der Waals surface area contributed by atoms with Crippen LogP contribution in [0.15, 0.2) is 24.3 Å². The van der Waals surface area contributed by atoms with Gasteiger partial charge in [-0.2, -0.15) is 0 Å². The standard InChI is InChI=1S/C16H25ClN2O2/c1-11(10-18-15(20)21-16(3,4)5)19-12(2)13-8-6-7-9-14(13)17/h6-9,11-12,19H,10H2,1-5H3,(H,18,20)/t11?,12-/m0/s1. The van der Waals surface area contributed by atoms with Gasteiger partial charge in [0.05, 0.1) is 0 Å². The lowest BCUT2D eigenvalue weighted by Gasteiger charge is -2.23. The molecule has 1 unspecified atom stereocenters. The van der Waals surface area contributed by atoms with E-state index in [0.717, 1.165) is 10.6 Å². The topological polar surface area (TPSA) is 50.4 Å². The summed E-state index contributed by atoms with van der Waals surface area (Å²) in [5.41, 5.74) is 0.564. The molecule has 2 N–H and O–H groups in total. The number of amides is 1. The monoisotopic (exact) mass is 312 g/mol. The molecule has 1 rings (SSSR count). The Hall–Kier alpha value is -1.26. The summed E-state index contributed by atoms with van der Waals surface area (Å²) in [6, 6.07) is 7.94. The zero-order valence-corrected chi connectivity index (χ0v) is 14.1. The summed E-state index contributed by atoms with van der Waals surface area (Å²) in [7, 11) is 0. The van der Waals surface area contributed by atoms with Gasteiger partial charge < -0.3 is 15.4 Å². The number of halogens is 1. The molecule has 0 radical (unpaired) electrons. The van der Waals surface area contributed by atoms with Crippen molar-refractivity contribution >= 4 is 17.7 Å². The van der Waals surface area contributed by atoms with Crippen LogP contribution < -0.4 is 10.6 Å². The van der Waals surface area contributed by atoms with Gasteiger partial charge in [0.2, 0.25) is 0 Å². The minimum atomic E-state index is -0.481. The van der Waals surface area contributed by atoms with Crippen molar-refractivity contribution in [1.82, 2.24) is 10.6 Å². The van der Waals surface area contributed by atoms with Crippen LogP contribution in [0.5, 0.6) is 0 Å². The summed E-state index contributed by atoms with van der Waals surface area (Å²) in [5, 5.41) is 6.89. The van der Waals surface area contributed by atoms with Crippen LogP contribution in [0.4, 0.5) is 4.79 Å². The van der Waals surface area contributed by atoms with Crippen LogP contribution in [0.3, 0.4) is 0 Å². The van der Waals surface area contributed by atoms with Gasteiger partial charge in [-0.25, -0.2) is 4.79 Å². The van der Waals surface area contributed by atoms with E-state index in [4.69, 9.17) is 16.3 Å². The molecule has 0 saturated carbocycles. The number of carbonyl (C=O) groups is 1. The minimum absolute atomic E-state index is 0.101. The number of rotatable bonds is 5. The number of nitrogens with one attached hydrogen (secondary N) is 2. The first kappa shape index (κ1) is 17.8. The van der Waals surface area contributed by atoms with Crippen LogP contribution in [0.1, 0.15) is 46.2 Å². The molecule has 0 aromatic heterocycles. The number of carbonyl (C=O) groups excluding carboxylic acids is 1. The summed E-state index contributed by atoms with van der Waals surface area (Å²) >= 11 is 6.17. The van der Waals surface area contributed by atoms with Crippen molar-refractivity contribution in [1.29, 1.82) is 0 Å². The second kappa shape index (κ2) is 7.66. The van der Waals surface area contributed by atoms with E-state index in [1.54, 1.807) is 0 Å². The number of ether oxygens (including phenoxy) is 1. The van der Waals surface area contributed by atoms with Crippen LogP contribution in [-0.2, 0) is 4.74 Å². The predicted octanol–water partition coefficient (Wildman–Crippen LogP) is 3.90. The molecular formula is C16H25ClN2O2. The SMILES string of the molecule is CC(CNC(=O)OC(C)(C)C)N[C@@H](C)c1ccccc1Cl. The van der Waals surface area contributed by atoms with Gasteiger partial charge in [-0.05, 0) is 46.2 Å². The van der Waals surface area contributed by atoms with Crippen molar-refractivity contribution in [2.24, 2.45) is 0 Å². The fourth-order valence-electron chi connectivity index (χ4n) is 1.95. The molecule has 118 valence electrons. The zero-order chi connectivity index (χ0) is 16.0. The summed E-state index contributed by atoms with van der Waals surface area (Å²) < 4.78 is 5.20. The molecule has 5 heteroatoms. The van der Waals surface area contributed by atoms with E-state index in [0.29, 0.717) is 6.54 Å². The van der Waals surface area contributed by atoms with E-state index in [1.807, 2.05) is 58.9 Å². The van der Waals surface area contributed by atoms with Gasteiger partial charge in [0.25, 0.3) is 0 Å². The molecule has 1 aromatic rings. The Kier molecular flexibility index (Phi) is 6.49. The lowest BCUT2D eigenvalue weighted by molar-refractivity contribution is 0.0522. The third-order valence-corrected chi connectivity index (χ3v) is 3.20. The van der Waals surface area contributed by atoms with Gasteiger partial charge in [-0.15, -0.1) is 0 Å². The molecule has 0 aliphatic rings. The van der Waals surface area contributed by atoms with Crippen LogP contribution in [-0.4, -0.2) is 24.3 Å². The number of benzene rings is 1. The van der Waals surface area contributed by atoms with Crippen molar-refractivity contribution in [3.8, 4) is 0 Å². The first-order valence-electron chi connectivity index (χ1n) is 7.16. The predicted molar refractivity (Wildman–Crippen MR) is 86.7 cm³/mol. The lowest BCUT2D eigenvalue weighted by atomic mass is 10.1. The maximum absolute atomic E-state index is 11.6. The van der Waals surface area contributed by atoms with Gasteiger partial charge in [-0.1, -0.05) is 29.8 Å². The first-order valence-corrected chi connectivity index (χ1v) is 7.54. The molecule has 1 amide bonds. The minimum Gasteiger partial charge on any atom is -0.444 e. The van der Waals surface area contributed by atoms with E-state index in [9.17, 15) is 4.79 Å². The average molecular weight is 313 g/mol. The Morgan fingerprint density at radius 2 is 1.90 bits per heavy atom. The highest BCUT2D eigenvalue weighted by molar-refractivity contribution is 6.31. The maximum atomic E-state index is 11.6. The maximum Gasteiger partial charge on any atom is 0.407 e. The van der Waals surface area contributed by atoms with Crippen LogP contribution in [0.2, 0.25) is 5.02 Å². The third-order valence-electron chi connectivity index (χ3n) is 2.86. The Morgan fingerprint density at radius 3 is 2.48 bits per heavy atom. The first-order chi connectivity index (χ1) is 9.69. The van der Waals surface area contributed by atoms with Gasteiger partial charge in [0, 0.05) is 23.7 Å². The average Bonchev–Trinajstić information content (AvgIpc) is 2.34. The second-order valence-corrected chi connectivity index (χ2v) is 6.60. The van der Waals surface area contributed by atoms with E-state index in [2.05, 4.69) is 10.6 Å². The van der Waals surface area contributed by atoms with Crippen molar-refractivity contribution in [2.75, 3.05) is 6.54 Å². The molecule has 4 nitrogen and oxygen atoms in total. The van der Waals surface area contributed by atoms with E-state index in [1.165, 1.54) is 0 Å². The van der Waals surface area contributed by atoms with Gasteiger partial charge >= 0.3 is 6.09 Å².